The second kappa shape index (κ2) is 7.68. The van der Waals surface area contributed by atoms with Crippen LogP contribution in [-0.2, 0) is 20.5 Å². The van der Waals surface area contributed by atoms with Gasteiger partial charge in [0.2, 0.25) is 10.0 Å². The minimum Gasteiger partial charge on any atom is -0.462 e. The zero-order valence-electron chi connectivity index (χ0n) is 13.4. The van der Waals surface area contributed by atoms with Gasteiger partial charge in [0.15, 0.2) is 0 Å². The lowest BCUT2D eigenvalue weighted by molar-refractivity contribution is 0.0526. The van der Waals surface area contributed by atoms with Gasteiger partial charge in [-0.2, -0.15) is 0 Å². The fraction of sp³-hybridized carbons (Fsp3) is 0.235. The summed E-state index contributed by atoms with van der Waals surface area (Å²) in [5.41, 5.74) is 2.10. The molecule has 7 heteroatoms. The van der Waals surface area contributed by atoms with Crippen LogP contribution in [0.3, 0.4) is 0 Å². The molecule has 2 aromatic carbocycles. The van der Waals surface area contributed by atoms with Gasteiger partial charge >= 0.3 is 5.97 Å². The normalized spacial score (nSPS) is 11.1. The molecule has 0 spiro atoms. The first-order chi connectivity index (χ1) is 11.3. The highest BCUT2D eigenvalue weighted by atomic mass is 35.5. The van der Waals surface area contributed by atoms with Gasteiger partial charge in [0.25, 0.3) is 0 Å². The molecule has 0 aromatic heterocycles. The van der Waals surface area contributed by atoms with Crippen molar-refractivity contribution in [3.05, 3.63) is 64.2 Å². The summed E-state index contributed by atoms with van der Waals surface area (Å²) in [6.07, 6.45) is 0. The van der Waals surface area contributed by atoms with Crippen LogP contribution in [0.2, 0.25) is 5.02 Å². The van der Waals surface area contributed by atoms with Crippen LogP contribution >= 0.6 is 11.6 Å². The molecule has 0 radical (unpaired) electrons. The predicted molar refractivity (Wildman–Crippen MR) is 94.8 cm³/mol. The third-order valence-electron chi connectivity index (χ3n) is 3.35. The van der Waals surface area contributed by atoms with Gasteiger partial charge in [-0.3, -0.25) is 4.72 Å². The van der Waals surface area contributed by atoms with Gasteiger partial charge in [-0.15, -0.1) is 0 Å². The van der Waals surface area contributed by atoms with E-state index in [-0.39, 0.29) is 28.6 Å². The lowest BCUT2D eigenvalue weighted by atomic mass is 10.1. The van der Waals surface area contributed by atoms with E-state index in [2.05, 4.69) is 4.72 Å². The molecule has 24 heavy (non-hydrogen) atoms. The second-order valence-corrected chi connectivity index (χ2v) is 7.33. The fourth-order valence-electron chi connectivity index (χ4n) is 2.12. The van der Waals surface area contributed by atoms with E-state index in [4.69, 9.17) is 16.3 Å². The third-order valence-corrected chi connectivity index (χ3v) is 4.89. The Morgan fingerprint density at radius 2 is 1.92 bits per heavy atom. The summed E-state index contributed by atoms with van der Waals surface area (Å²) in [6, 6.07) is 11.6. The Balaban J connectivity index is 2.18. The largest absolute Gasteiger partial charge is 0.462 e. The number of carbonyl (C=O) groups excluding carboxylic acids is 1. The summed E-state index contributed by atoms with van der Waals surface area (Å²) in [5, 5.41) is 0.133. The molecule has 0 aliphatic carbocycles. The van der Waals surface area contributed by atoms with Crippen molar-refractivity contribution in [3.8, 4) is 0 Å². The molecular formula is C17H18ClNO4S. The quantitative estimate of drug-likeness (QED) is 0.789. The number of ether oxygens (including phenoxy) is 1. The molecule has 1 N–H and O–H groups in total. The molecule has 2 rings (SSSR count). The van der Waals surface area contributed by atoms with E-state index in [1.54, 1.807) is 19.1 Å². The zero-order valence-corrected chi connectivity index (χ0v) is 14.9. The van der Waals surface area contributed by atoms with Crippen LogP contribution in [0.25, 0.3) is 0 Å². The van der Waals surface area contributed by atoms with Crippen molar-refractivity contribution in [2.75, 3.05) is 11.3 Å². The molecular weight excluding hydrogens is 350 g/mol. The lowest BCUT2D eigenvalue weighted by Gasteiger charge is -2.12. The van der Waals surface area contributed by atoms with E-state index in [0.29, 0.717) is 5.56 Å². The number of sulfonamides is 1. The smallest absolute Gasteiger partial charge is 0.338 e. The maximum atomic E-state index is 12.3. The number of carbonyl (C=O) groups is 1. The maximum absolute atomic E-state index is 12.3. The summed E-state index contributed by atoms with van der Waals surface area (Å²) in [5.74, 6) is -0.663. The van der Waals surface area contributed by atoms with Crippen molar-refractivity contribution < 1.29 is 17.9 Å². The molecule has 0 saturated heterocycles. The van der Waals surface area contributed by atoms with E-state index in [9.17, 15) is 13.2 Å². The number of aryl methyl sites for hydroxylation is 1. The van der Waals surface area contributed by atoms with Gasteiger partial charge < -0.3 is 4.74 Å². The Bertz CT molecular complexity index is 849. The maximum Gasteiger partial charge on any atom is 0.338 e. The van der Waals surface area contributed by atoms with Crippen molar-refractivity contribution >= 4 is 33.3 Å². The number of esters is 1. The molecule has 0 aliphatic rings. The summed E-state index contributed by atoms with van der Waals surface area (Å²) < 4.78 is 32.0. The summed E-state index contributed by atoms with van der Waals surface area (Å²) in [7, 11) is -3.63. The van der Waals surface area contributed by atoms with Crippen LogP contribution in [0, 0.1) is 6.92 Å². The van der Waals surface area contributed by atoms with Crippen LogP contribution in [-0.4, -0.2) is 21.0 Å². The molecule has 0 amide bonds. The predicted octanol–water partition coefficient (Wildman–Crippen LogP) is 3.77. The SMILES string of the molecule is CCOC(=O)c1ccc(NS(=O)(=O)Cc2ccccc2C)c(Cl)c1. The first-order valence-electron chi connectivity index (χ1n) is 7.34. The molecule has 2 aromatic rings. The van der Waals surface area contributed by atoms with Gasteiger partial charge in [-0.25, -0.2) is 13.2 Å². The van der Waals surface area contributed by atoms with Crippen LogP contribution in [0.4, 0.5) is 5.69 Å². The fourth-order valence-corrected chi connectivity index (χ4v) is 3.72. The van der Waals surface area contributed by atoms with Gasteiger partial charge in [0.05, 0.1) is 28.6 Å². The molecule has 0 saturated carbocycles. The number of hydrogen-bond donors (Lipinski definition) is 1. The standard InChI is InChI=1S/C17H18ClNO4S/c1-3-23-17(20)13-8-9-16(15(18)10-13)19-24(21,22)11-14-7-5-4-6-12(14)2/h4-10,19H,3,11H2,1-2H3. The first kappa shape index (κ1) is 18.3. The van der Waals surface area contributed by atoms with Crippen LogP contribution in [0.1, 0.15) is 28.4 Å². The summed E-state index contributed by atoms with van der Waals surface area (Å²) in [6.45, 7) is 3.81. The summed E-state index contributed by atoms with van der Waals surface area (Å²) >= 11 is 6.08. The van der Waals surface area contributed by atoms with Crippen LogP contribution in [0.5, 0.6) is 0 Å². The van der Waals surface area contributed by atoms with Crippen molar-refractivity contribution in [2.24, 2.45) is 0 Å². The molecule has 0 unspecified atom stereocenters. The number of hydrogen-bond acceptors (Lipinski definition) is 4. The van der Waals surface area contributed by atoms with Crippen LogP contribution in [0.15, 0.2) is 42.5 Å². The van der Waals surface area contributed by atoms with Crippen molar-refractivity contribution in [1.82, 2.24) is 0 Å². The summed E-state index contributed by atoms with van der Waals surface area (Å²) in [4.78, 5) is 11.7. The highest BCUT2D eigenvalue weighted by molar-refractivity contribution is 7.91. The molecule has 0 bridgehead atoms. The molecule has 0 fully saturated rings. The van der Waals surface area contributed by atoms with E-state index >= 15 is 0 Å². The zero-order chi connectivity index (χ0) is 17.7. The Morgan fingerprint density at radius 1 is 1.21 bits per heavy atom. The van der Waals surface area contributed by atoms with E-state index in [0.717, 1.165) is 5.56 Å². The topological polar surface area (TPSA) is 72.5 Å². The van der Waals surface area contributed by atoms with Gasteiger partial charge in [0.1, 0.15) is 0 Å². The second-order valence-electron chi connectivity index (χ2n) is 5.20. The Morgan fingerprint density at radius 3 is 2.54 bits per heavy atom. The number of anilines is 1. The Kier molecular flexibility index (Phi) is 5.85. The Labute approximate surface area is 146 Å². The minimum absolute atomic E-state index is 0.133. The lowest BCUT2D eigenvalue weighted by Crippen LogP contribution is -2.16. The number of halogens is 1. The van der Waals surface area contributed by atoms with E-state index in [1.807, 2.05) is 19.1 Å². The third kappa shape index (κ3) is 4.72. The Hall–Kier alpha value is -2.05. The highest BCUT2D eigenvalue weighted by Crippen LogP contribution is 2.25. The van der Waals surface area contributed by atoms with Gasteiger partial charge in [0, 0.05) is 0 Å². The molecule has 128 valence electrons. The van der Waals surface area contributed by atoms with Crippen molar-refractivity contribution in [2.45, 2.75) is 19.6 Å². The first-order valence-corrected chi connectivity index (χ1v) is 9.37. The monoisotopic (exact) mass is 367 g/mol. The van der Waals surface area contributed by atoms with E-state index in [1.165, 1.54) is 18.2 Å². The highest BCUT2D eigenvalue weighted by Gasteiger charge is 2.16. The van der Waals surface area contributed by atoms with Gasteiger partial charge in [-0.1, -0.05) is 35.9 Å². The molecule has 0 aliphatic heterocycles. The van der Waals surface area contributed by atoms with Gasteiger partial charge in [-0.05, 0) is 43.2 Å². The average Bonchev–Trinajstić information content (AvgIpc) is 2.51. The van der Waals surface area contributed by atoms with E-state index < -0.39 is 16.0 Å². The number of benzene rings is 2. The molecule has 0 heterocycles. The molecule has 0 atom stereocenters. The van der Waals surface area contributed by atoms with Crippen molar-refractivity contribution in [3.63, 3.8) is 0 Å². The number of rotatable bonds is 6. The van der Waals surface area contributed by atoms with Crippen LogP contribution < -0.4 is 4.72 Å². The minimum atomic E-state index is -3.63. The van der Waals surface area contributed by atoms with Crippen molar-refractivity contribution in [1.29, 1.82) is 0 Å². The average molecular weight is 368 g/mol. The number of nitrogens with one attached hydrogen (secondary N) is 1. The molecule has 5 nitrogen and oxygen atoms in total.